The molecule has 3 heteroatoms. The van der Waals surface area contributed by atoms with Gasteiger partial charge in [-0.25, -0.2) is 0 Å². The zero-order valence-corrected chi connectivity index (χ0v) is 8.55. The van der Waals surface area contributed by atoms with Gasteiger partial charge < -0.3 is 5.32 Å². The molecule has 1 aliphatic rings. The number of carbonyl (C=O) groups excluding carboxylic acids is 1. The predicted octanol–water partition coefficient (Wildman–Crippen LogP) is 1.81. The molecule has 0 aromatic heterocycles. The minimum Gasteiger partial charge on any atom is -0.307 e. The third-order valence-corrected chi connectivity index (χ3v) is 2.71. The van der Waals surface area contributed by atoms with Crippen LogP contribution >= 0.6 is 11.6 Å². The fourth-order valence-corrected chi connectivity index (χ4v) is 1.75. The van der Waals surface area contributed by atoms with Crippen molar-refractivity contribution < 1.29 is 4.79 Å². The second-order valence-corrected chi connectivity index (χ2v) is 4.00. The lowest BCUT2D eigenvalue weighted by Gasteiger charge is -2.26. The van der Waals surface area contributed by atoms with Crippen molar-refractivity contribution in [3.05, 3.63) is 34.9 Å². The number of halogens is 1. The number of Topliss-reactive ketones (excluding diaryl/α,β-unsaturated/α-hetero) is 1. The normalized spacial score (nSPS) is 20.2. The van der Waals surface area contributed by atoms with Crippen molar-refractivity contribution >= 4 is 17.4 Å². The van der Waals surface area contributed by atoms with Crippen LogP contribution in [0.1, 0.15) is 12.0 Å². The number of hydrogen-bond donors (Lipinski definition) is 1. The summed E-state index contributed by atoms with van der Waals surface area (Å²) in [6.07, 6.45) is 1.46. The summed E-state index contributed by atoms with van der Waals surface area (Å²) in [5.41, 5.74) is 0.996. The van der Waals surface area contributed by atoms with Gasteiger partial charge in [0.1, 0.15) is 0 Å². The largest absolute Gasteiger partial charge is 0.307 e. The highest BCUT2D eigenvalue weighted by molar-refractivity contribution is 6.30. The van der Waals surface area contributed by atoms with E-state index in [4.69, 9.17) is 11.6 Å². The van der Waals surface area contributed by atoms with Gasteiger partial charge in [0.15, 0.2) is 5.78 Å². The van der Waals surface area contributed by atoms with Crippen molar-refractivity contribution in [2.45, 2.75) is 18.9 Å². The number of rotatable bonds is 3. The number of nitrogens with one attached hydrogen (secondary N) is 1. The smallest absolute Gasteiger partial charge is 0.154 e. The van der Waals surface area contributed by atoms with E-state index in [9.17, 15) is 4.79 Å². The quantitative estimate of drug-likeness (QED) is 0.823. The maximum absolute atomic E-state index is 11.6. The van der Waals surface area contributed by atoms with E-state index in [0.29, 0.717) is 11.4 Å². The molecule has 2 nitrogen and oxygen atoms in total. The van der Waals surface area contributed by atoms with Crippen molar-refractivity contribution in [2.75, 3.05) is 6.54 Å². The van der Waals surface area contributed by atoms with Gasteiger partial charge in [-0.2, -0.15) is 0 Å². The molecule has 0 spiro atoms. The highest BCUT2D eigenvalue weighted by atomic mass is 35.5. The van der Waals surface area contributed by atoms with Gasteiger partial charge in [-0.05, 0) is 30.7 Å². The van der Waals surface area contributed by atoms with Crippen LogP contribution in [-0.2, 0) is 11.2 Å². The van der Waals surface area contributed by atoms with Gasteiger partial charge in [0, 0.05) is 11.4 Å². The summed E-state index contributed by atoms with van der Waals surface area (Å²) in [6, 6.07) is 7.55. The van der Waals surface area contributed by atoms with Crippen molar-refractivity contribution in [1.82, 2.24) is 5.32 Å². The molecular weight excluding hydrogens is 198 g/mol. The Bertz CT molecular complexity index is 347. The summed E-state index contributed by atoms with van der Waals surface area (Å²) >= 11 is 5.83. The predicted molar refractivity (Wildman–Crippen MR) is 56.6 cm³/mol. The lowest BCUT2D eigenvalue weighted by molar-refractivity contribution is -0.121. The molecule has 0 amide bonds. The van der Waals surface area contributed by atoms with Crippen molar-refractivity contribution in [3.8, 4) is 0 Å². The Morgan fingerprint density at radius 3 is 2.93 bits per heavy atom. The van der Waals surface area contributed by atoms with Crippen LogP contribution in [0.15, 0.2) is 24.3 Å². The molecular formula is C11H12ClNO. The molecule has 14 heavy (non-hydrogen) atoms. The van der Waals surface area contributed by atoms with Crippen LogP contribution in [-0.4, -0.2) is 18.4 Å². The van der Waals surface area contributed by atoms with Gasteiger partial charge >= 0.3 is 0 Å². The molecule has 1 atom stereocenters. The molecule has 1 saturated heterocycles. The highest BCUT2D eigenvalue weighted by Gasteiger charge is 2.23. The third-order valence-electron chi connectivity index (χ3n) is 2.48. The van der Waals surface area contributed by atoms with Crippen molar-refractivity contribution in [3.63, 3.8) is 0 Å². The first kappa shape index (κ1) is 9.69. The van der Waals surface area contributed by atoms with Crippen molar-refractivity contribution in [1.29, 1.82) is 0 Å². The van der Waals surface area contributed by atoms with E-state index in [1.165, 1.54) is 0 Å². The van der Waals surface area contributed by atoms with Gasteiger partial charge in [-0.15, -0.1) is 0 Å². The first-order valence-electron chi connectivity index (χ1n) is 4.76. The minimum atomic E-state index is 0.0778. The summed E-state index contributed by atoms with van der Waals surface area (Å²) in [5.74, 6) is 0.263. The Morgan fingerprint density at radius 2 is 2.36 bits per heavy atom. The van der Waals surface area contributed by atoms with E-state index in [1.54, 1.807) is 0 Å². The fourth-order valence-electron chi connectivity index (χ4n) is 1.53. The molecule has 1 N–H and O–H groups in total. The Balaban J connectivity index is 1.99. The van der Waals surface area contributed by atoms with Crippen molar-refractivity contribution in [2.24, 2.45) is 0 Å². The number of benzene rings is 1. The Labute approximate surface area is 88.3 Å². The summed E-state index contributed by atoms with van der Waals surface area (Å²) in [6.45, 7) is 0.964. The number of hydrogen-bond acceptors (Lipinski definition) is 2. The molecule has 2 rings (SSSR count). The van der Waals surface area contributed by atoms with Gasteiger partial charge in [-0.3, -0.25) is 4.79 Å². The standard InChI is InChI=1S/C11H12ClNO/c12-9-3-1-2-8(6-9)7-11(14)10-4-5-13-10/h1-3,6,10,13H,4-5,7H2. The van der Waals surface area contributed by atoms with E-state index < -0.39 is 0 Å². The molecule has 0 saturated carbocycles. The third kappa shape index (κ3) is 2.14. The van der Waals surface area contributed by atoms with Crippen LogP contribution < -0.4 is 5.32 Å². The van der Waals surface area contributed by atoms with Crippen LogP contribution in [0, 0.1) is 0 Å². The van der Waals surface area contributed by atoms with E-state index in [0.717, 1.165) is 18.5 Å². The molecule has 1 aromatic carbocycles. The first-order chi connectivity index (χ1) is 6.75. The van der Waals surface area contributed by atoms with Gasteiger partial charge in [-0.1, -0.05) is 23.7 Å². The molecule has 1 aliphatic heterocycles. The van der Waals surface area contributed by atoms with Crippen LogP contribution in [0.2, 0.25) is 5.02 Å². The topological polar surface area (TPSA) is 29.1 Å². The Morgan fingerprint density at radius 1 is 1.57 bits per heavy atom. The molecule has 0 radical (unpaired) electrons. The zero-order valence-electron chi connectivity index (χ0n) is 7.79. The second-order valence-electron chi connectivity index (χ2n) is 3.57. The lowest BCUT2D eigenvalue weighted by atomic mass is 9.97. The fraction of sp³-hybridized carbons (Fsp3) is 0.364. The molecule has 0 bridgehead atoms. The summed E-state index contributed by atoms with van der Waals surface area (Å²) in [7, 11) is 0. The zero-order chi connectivity index (χ0) is 9.97. The van der Waals surface area contributed by atoms with Gasteiger partial charge in [0.05, 0.1) is 6.04 Å². The maximum atomic E-state index is 11.6. The van der Waals surface area contributed by atoms with Crippen LogP contribution in [0.5, 0.6) is 0 Å². The first-order valence-corrected chi connectivity index (χ1v) is 5.14. The van der Waals surface area contributed by atoms with Crippen LogP contribution in [0.3, 0.4) is 0 Å². The van der Waals surface area contributed by atoms with Gasteiger partial charge in [0.25, 0.3) is 0 Å². The van der Waals surface area contributed by atoms with E-state index in [1.807, 2.05) is 24.3 Å². The van der Waals surface area contributed by atoms with Crippen LogP contribution in [0.25, 0.3) is 0 Å². The molecule has 74 valence electrons. The van der Waals surface area contributed by atoms with E-state index in [-0.39, 0.29) is 11.8 Å². The summed E-state index contributed by atoms with van der Waals surface area (Å²) in [4.78, 5) is 11.6. The number of carbonyl (C=O) groups is 1. The Kier molecular flexibility index (Phi) is 2.85. The molecule has 1 heterocycles. The average molecular weight is 210 g/mol. The molecule has 1 aromatic rings. The molecule has 1 unspecified atom stereocenters. The second kappa shape index (κ2) is 4.11. The van der Waals surface area contributed by atoms with E-state index in [2.05, 4.69) is 5.32 Å². The Hall–Kier alpha value is -0.860. The molecule has 1 fully saturated rings. The monoisotopic (exact) mass is 209 g/mol. The summed E-state index contributed by atoms with van der Waals surface area (Å²) in [5, 5.41) is 3.79. The van der Waals surface area contributed by atoms with Crippen LogP contribution in [0.4, 0.5) is 0 Å². The maximum Gasteiger partial charge on any atom is 0.154 e. The highest BCUT2D eigenvalue weighted by Crippen LogP contribution is 2.13. The number of ketones is 1. The SMILES string of the molecule is O=C(Cc1cccc(Cl)c1)C1CCN1. The average Bonchev–Trinajstić information content (AvgIpc) is 1.99. The minimum absolute atomic E-state index is 0.0778. The van der Waals surface area contributed by atoms with Gasteiger partial charge in [0.2, 0.25) is 0 Å². The lowest BCUT2D eigenvalue weighted by Crippen LogP contribution is -2.49. The summed E-state index contributed by atoms with van der Waals surface area (Å²) < 4.78 is 0. The molecule has 0 aliphatic carbocycles. The van der Waals surface area contributed by atoms with E-state index >= 15 is 0 Å².